The molecule has 11 heteroatoms. The van der Waals surface area contributed by atoms with E-state index < -0.39 is 39.7 Å². The summed E-state index contributed by atoms with van der Waals surface area (Å²) in [5.74, 6) is -1.74. The lowest BCUT2D eigenvalue weighted by Gasteiger charge is -2.28. The van der Waals surface area contributed by atoms with Crippen LogP contribution in [-0.4, -0.2) is 61.9 Å². The maximum atomic E-state index is 13.6. The number of esters is 1. The molecule has 208 valence electrons. The fraction of sp³-hybridized carbons (Fsp3) is 0.593. The van der Waals surface area contributed by atoms with Gasteiger partial charge in [-0.1, -0.05) is 47.8 Å². The number of nitrogens with one attached hydrogen (secondary N) is 1. The molecule has 2 fully saturated rings. The predicted molar refractivity (Wildman–Crippen MR) is 143 cm³/mol. The molecule has 2 amide bonds. The molecule has 1 saturated heterocycles. The zero-order valence-corrected chi connectivity index (χ0v) is 24.1. The van der Waals surface area contributed by atoms with Gasteiger partial charge >= 0.3 is 5.97 Å². The molecule has 9 nitrogen and oxygen atoms in total. The number of hydrogen-bond acceptors (Lipinski definition) is 7. The summed E-state index contributed by atoms with van der Waals surface area (Å²) in [7, 11) is -4.12. The molecule has 0 spiro atoms. The van der Waals surface area contributed by atoms with E-state index in [1.165, 1.54) is 17.0 Å². The van der Waals surface area contributed by atoms with Crippen LogP contribution in [-0.2, 0) is 33.4 Å². The second-order valence-electron chi connectivity index (χ2n) is 10.3. The first-order valence-electron chi connectivity index (χ1n) is 13.2. The van der Waals surface area contributed by atoms with Crippen LogP contribution >= 0.6 is 15.9 Å². The van der Waals surface area contributed by atoms with Gasteiger partial charge in [0.05, 0.1) is 17.6 Å². The van der Waals surface area contributed by atoms with Crippen LogP contribution in [0, 0.1) is 11.8 Å². The van der Waals surface area contributed by atoms with Crippen LogP contribution in [0.15, 0.2) is 45.8 Å². The highest BCUT2D eigenvalue weighted by Gasteiger charge is 2.62. The van der Waals surface area contributed by atoms with Crippen LogP contribution in [0.3, 0.4) is 0 Å². The molecule has 1 aromatic carbocycles. The van der Waals surface area contributed by atoms with E-state index in [1.54, 1.807) is 19.1 Å². The molecule has 4 rings (SSSR count). The molecule has 1 aliphatic carbocycles. The van der Waals surface area contributed by atoms with Crippen molar-refractivity contribution in [2.24, 2.45) is 11.8 Å². The fourth-order valence-corrected chi connectivity index (χ4v) is 6.61. The maximum absolute atomic E-state index is 13.6. The first-order valence-corrected chi connectivity index (χ1v) is 15.4. The molecule has 2 heterocycles. The van der Waals surface area contributed by atoms with Crippen molar-refractivity contribution in [1.82, 2.24) is 10.2 Å². The van der Waals surface area contributed by atoms with Gasteiger partial charge in [0.15, 0.2) is 0 Å². The van der Waals surface area contributed by atoms with E-state index in [4.69, 9.17) is 8.92 Å². The standard InChI is InChI=1S/C27H35BrN2O7S/c1-3-36-26(33)27-16-19(27)10-8-6-4-5-7-9-18(2)25(32)30-17-21(15-23(30)24(31)29-27)37-38(34,35)22-13-11-20(28)12-14-22/h8,10-14,18-19,21,23H,3-7,9,15-17H2,1-2H3,(H,29,31)/b10-8-/t18-,19+,21-,23-,27+/m0/s1. The molecule has 0 bridgehead atoms. The maximum Gasteiger partial charge on any atom is 0.332 e. The van der Waals surface area contributed by atoms with E-state index in [0.29, 0.717) is 12.8 Å². The van der Waals surface area contributed by atoms with Gasteiger partial charge in [-0.3, -0.25) is 13.8 Å². The van der Waals surface area contributed by atoms with Crippen molar-refractivity contribution in [2.45, 2.75) is 81.4 Å². The Bertz CT molecular complexity index is 1190. The van der Waals surface area contributed by atoms with Gasteiger partial charge in [0.1, 0.15) is 11.6 Å². The van der Waals surface area contributed by atoms with Crippen LogP contribution in [0.25, 0.3) is 0 Å². The summed E-state index contributed by atoms with van der Waals surface area (Å²) >= 11 is 3.28. The van der Waals surface area contributed by atoms with Crippen LogP contribution in [0.1, 0.15) is 58.8 Å². The Morgan fingerprint density at radius 2 is 1.92 bits per heavy atom. The van der Waals surface area contributed by atoms with Crippen molar-refractivity contribution in [3.05, 3.63) is 40.9 Å². The summed E-state index contributed by atoms with van der Waals surface area (Å²) in [6.07, 6.45) is 7.88. The zero-order valence-electron chi connectivity index (χ0n) is 21.7. The lowest BCUT2D eigenvalue weighted by atomic mass is 10.0. The van der Waals surface area contributed by atoms with Crippen LogP contribution in [0.4, 0.5) is 0 Å². The Labute approximate surface area is 232 Å². The Morgan fingerprint density at radius 1 is 1.18 bits per heavy atom. The summed E-state index contributed by atoms with van der Waals surface area (Å²) < 4.78 is 37.4. The Balaban J connectivity index is 1.59. The van der Waals surface area contributed by atoms with Crippen LogP contribution in [0.2, 0.25) is 0 Å². The fourth-order valence-electron chi connectivity index (χ4n) is 5.26. The lowest BCUT2D eigenvalue weighted by Crippen LogP contribution is -2.54. The number of allylic oxidation sites excluding steroid dienone is 1. The van der Waals surface area contributed by atoms with Gasteiger partial charge in [0.2, 0.25) is 11.8 Å². The molecule has 1 aromatic rings. The molecule has 0 radical (unpaired) electrons. The molecule has 1 N–H and O–H groups in total. The summed E-state index contributed by atoms with van der Waals surface area (Å²) in [6.45, 7) is 3.69. The van der Waals surface area contributed by atoms with Crippen molar-refractivity contribution in [3.63, 3.8) is 0 Å². The minimum Gasteiger partial charge on any atom is -0.464 e. The molecule has 2 aliphatic heterocycles. The van der Waals surface area contributed by atoms with Gasteiger partial charge in [0.25, 0.3) is 10.1 Å². The smallest absolute Gasteiger partial charge is 0.332 e. The average molecular weight is 612 g/mol. The normalized spacial score (nSPS) is 31.3. The lowest BCUT2D eigenvalue weighted by molar-refractivity contribution is -0.150. The van der Waals surface area contributed by atoms with E-state index in [0.717, 1.165) is 30.2 Å². The first-order chi connectivity index (χ1) is 18.1. The SMILES string of the molecule is CCOC(=O)[C@@]12C[C@H]1/C=C\CCCCC[C@H](C)C(=O)N1C[C@@H](OS(=O)(=O)c3ccc(Br)cc3)C[C@H]1C(=O)N2. The zero-order chi connectivity index (χ0) is 27.5. The number of halogens is 1. The topological polar surface area (TPSA) is 119 Å². The van der Waals surface area contributed by atoms with E-state index >= 15 is 0 Å². The number of carbonyl (C=O) groups is 3. The highest BCUT2D eigenvalue weighted by molar-refractivity contribution is 9.10. The number of ether oxygens (including phenoxy) is 1. The number of rotatable bonds is 5. The molecule has 5 atom stereocenters. The number of nitrogens with zero attached hydrogens (tertiary/aromatic N) is 1. The summed E-state index contributed by atoms with van der Waals surface area (Å²) in [6, 6.07) is 5.09. The van der Waals surface area contributed by atoms with Gasteiger partial charge in [-0.05, 0) is 56.9 Å². The first kappa shape index (κ1) is 28.8. The Hall–Kier alpha value is -2.24. The van der Waals surface area contributed by atoms with Crippen molar-refractivity contribution in [1.29, 1.82) is 0 Å². The molecule has 1 saturated carbocycles. The molecular weight excluding hydrogens is 576 g/mol. The van der Waals surface area contributed by atoms with Crippen molar-refractivity contribution in [3.8, 4) is 0 Å². The molecule has 0 aromatic heterocycles. The summed E-state index contributed by atoms with van der Waals surface area (Å²) in [5.41, 5.74) is -1.17. The molecular formula is C27H35BrN2O7S. The van der Waals surface area contributed by atoms with Gasteiger partial charge < -0.3 is 15.0 Å². The monoisotopic (exact) mass is 610 g/mol. The minimum absolute atomic E-state index is 0.000533. The average Bonchev–Trinajstić information content (AvgIpc) is 3.41. The predicted octanol–water partition coefficient (Wildman–Crippen LogP) is 3.72. The Morgan fingerprint density at radius 3 is 2.63 bits per heavy atom. The minimum atomic E-state index is -4.12. The third kappa shape index (κ3) is 6.31. The number of hydrogen-bond donors (Lipinski definition) is 1. The second kappa shape index (κ2) is 11.9. The highest BCUT2D eigenvalue weighted by atomic mass is 79.9. The summed E-state index contributed by atoms with van der Waals surface area (Å²) in [5, 5.41) is 2.88. The van der Waals surface area contributed by atoms with Gasteiger partial charge in [-0.25, -0.2) is 4.79 Å². The van der Waals surface area contributed by atoms with Crippen molar-refractivity contribution < 1.29 is 31.7 Å². The van der Waals surface area contributed by atoms with Crippen LogP contribution in [0.5, 0.6) is 0 Å². The van der Waals surface area contributed by atoms with Gasteiger partial charge in [0, 0.05) is 29.3 Å². The van der Waals surface area contributed by atoms with Crippen molar-refractivity contribution >= 4 is 43.8 Å². The number of amides is 2. The van der Waals surface area contributed by atoms with E-state index in [9.17, 15) is 22.8 Å². The third-order valence-electron chi connectivity index (χ3n) is 7.51. The van der Waals surface area contributed by atoms with Gasteiger partial charge in [-0.2, -0.15) is 8.42 Å². The highest BCUT2D eigenvalue weighted by Crippen LogP contribution is 2.46. The molecule has 38 heavy (non-hydrogen) atoms. The van der Waals surface area contributed by atoms with Crippen LogP contribution < -0.4 is 5.32 Å². The number of fused-ring (bicyclic) bond motifs is 2. The third-order valence-corrected chi connectivity index (χ3v) is 9.42. The number of carbonyl (C=O) groups excluding carboxylic acids is 3. The van der Waals surface area contributed by atoms with E-state index in [1.807, 2.05) is 19.1 Å². The molecule has 0 unspecified atom stereocenters. The quantitative estimate of drug-likeness (QED) is 0.306. The second-order valence-corrected chi connectivity index (χ2v) is 12.8. The van der Waals surface area contributed by atoms with E-state index in [2.05, 4.69) is 21.2 Å². The Kier molecular flexibility index (Phi) is 8.99. The number of benzene rings is 1. The van der Waals surface area contributed by atoms with Crippen molar-refractivity contribution in [2.75, 3.05) is 13.2 Å². The summed E-state index contributed by atoms with van der Waals surface area (Å²) in [4.78, 5) is 41.4. The van der Waals surface area contributed by atoms with E-state index in [-0.39, 0.29) is 42.2 Å². The largest absolute Gasteiger partial charge is 0.464 e. The van der Waals surface area contributed by atoms with Gasteiger partial charge in [-0.15, -0.1) is 0 Å². The molecule has 3 aliphatic rings.